The first kappa shape index (κ1) is 22.8. The van der Waals surface area contributed by atoms with Gasteiger partial charge in [-0.05, 0) is 62.2 Å². The molecular formula is C27H29FN2O3. The third-order valence-corrected chi connectivity index (χ3v) is 6.21. The summed E-state index contributed by atoms with van der Waals surface area (Å²) >= 11 is 0. The summed E-state index contributed by atoms with van der Waals surface area (Å²) in [7, 11) is 1.54. The van der Waals surface area contributed by atoms with Crippen molar-refractivity contribution in [3.63, 3.8) is 0 Å². The van der Waals surface area contributed by atoms with Gasteiger partial charge in [0.2, 0.25) is 0 Å². The van der Waals surface area contributed by atoms with Crippen molar-refractivity contribution < 1.29 is 19.0 Å². The quantitative estimate of drug-likeness (QED) is 0.566. The lowest BCUT2D eigenvalue weighted by atomic mass is 9.99. The molecule has 0 atom stereocenters. The fourth-order valence-electron chi connectivity index (χ4n) is 4.45. The van der Waals surface area contributed by atoms with Crippen LogP contribution in [0.1, 0.15) is 34.3 Å². The van der Waals surface area contributed by atoms with Crippen LogP contribution in [0.2, 0.25) is 0 Å². The number of phenolic OH excluding ortho intramolecular Hbond substituents is 1. The number of likely N-dealkylation sites (tertiary alicyclic amines) is 1. The number of benzene rings is 3. The van der Waals surface area contributed by atoms with E-state index < -0.39 is 0 Å². The van der Waals surface area contributed by atoms with Gasteiger partial charge in [-0.25, -0.2) is 4.39 Å². The maximum atomic E-state index is 13.6. The predicted molar refractivity (Wildman–Crippen MR) is 127 cm³/mol. The number of amides is 1. The molecule has 4 rings (SSSR count). The SMILES string of the molecule is COc1cccc(CN2CCC(N(C(=O)c3cccc(C)c3)c3ccc(F)cc3)CC2)c1O. The maximum absolute atomic E-state index is 13.6. The van der Waals surface area contributed by atoms with Gasteiger partial charge in [-0.15, -0.1) is 0 Å². The van der Waals surface area contributed by atoms with Crippen LogP contribution in [0, 0.1) is 12.7 Å². The molecule has 1 fully saturated rings. The van der Waals surface area contributed by atoms with Gasteiger partial charge in [-0.2, -0.15) is 0 Å². The number of carbonyl (C=O) groups is 1. The number of halogens is 1. The Labute approximate surface area is 194 Å². The average Bonchev–Trinajstić information content (AvgIpc) is 2.83. The second kappa shape index (κ2) is 10.0. The number of piperidine rings is 1. The van der Waals surface area contributed by atoms with Crippen LogP contribution in [-0.4, -0.2) is 42.2 Å². The Hall–Kier alpha value is -3.38. The number of nitrogens with zero attached hydrogens (tertiary/aromatic N) is 2. The van der Waals surface area contributed by atoms with E-state index in [2.05, 4.69) is 4.90 Å². The number of para-hydroxylation sites is 1. The van der Waals surface area contributed by atoms with E-state index in [1.165, 1.54) is 12.1 Å². The summed E-state index contributed by atoms with van der Waals surface area (Å²) in [4.78, 5) is 17.6. The van der Waals surface area contributed by atoms with Gasteiger partial charge in [-0.1, -0.05) is 29.8 Å². The van der Waals surface area contributed by atoms with Crippen LogP contribution in [0.25, 0.3) is 0 Å². The van der Waals surface area contributed by atoms with E-state index in [-0.39, 0.29) is 23.5 Å². The van der Waals surface area contributed by atoms with Crippen LogP contribution in [0.4, 0.5) is 10.1 Å². The molecule has 0 bridgehead atoms. The number of aryl methyl sites for hydroxylation is 1. The number of phenols is 1. The van der Waals surface area contributed by atoms with Crippen LogP contribution in [0.3, 0.4) is 0 Å². The Kier molecular flexibility index (Phi) is 6.94. The molecule has 1 amide bonds. The fraction of sp³-hybridized carbons (Fsp3) is 0.296. The molecule has 1 heterocycles. The number of anilines is 1. The molecule has 6 heteroatoms. The molecule has 0 spiro atoms. The van der Waals surface area contributed by atoms with Crippen LogP contribution in [-0.2, 0) is 6.54 Å². The monoisotopic (exact) mass is 448 g/mol. The second-order valence-corrected chi connectivity index (χ2v) is 8.50. The lowest BCUT2D eigenvalue weighted by Crippen LogP contribution is -2.47. The molecule has 0 unspecified atom stereocenters. The number of aromatic hydroxyl groups is 1. The first-order chi connectivity index (χ1) is 16.0. The molecular weight excluding hydrogens is 419 g/mol. The summed E-state index contributed by atoms with van der Waals surface area (Å²) in [5.74, 6) is 0.238. The van der Waals surface area contributed by atoms with Crippen LogP contribution >= 0.6 is 0 Å². The highest BCUT2D eigenvalue weighted by Gasteiger charge is 2.30. The summed E-state index contributed by atoms with van der Waals surface area (Å²) in [6.45, 7) is 4.13. The maximum Gasteiger partial charge on any atom is 0.258 e. The van der Waals surface area contributed by atoms with E-state index in [0.29, 0.717) is 23.5 Å². The molecule has 1 N–H and O–H groups in total. The minimum Gasteiger partial charge on any atom is -0.504 e. The van der Waals surface area contributed by atoms with Crippen molar-refractivity contribution in [3.8, 4) is 11.5 Å². The standard InChI is InChI=1S/C27H29FN2O3/c1-19-5-3-6-20(17-19)27(32)30(23-11-9-22(28)10-12-23)24-13-15-29(16-14-24)18-21-7-4-8-25(33-2)26(21)31/h3-12,17,24,31H,13-16,18H2,1-2H3. The van der Waals surface area contributed by atoms with Gasteiger partial charge in [0.05, 0.1) is 7.11 Å². The summed E-state index contributed by atoms with van der Waals surface area (Å²) in [6.07, 6.45) is 1.55. The zero-order valence-electron chi connectivity index (χ0n) is 19.0. The Morgan fingerprint density at radius 3 is 2.45 bits per heavy atom. The topological polar surface area (TPSA) is 53.0 Å². The number of methoxy groups -OCH3 is 1. The third-order valence-electron chi connectivity index (χ3n) is 6.21. The Balaban J connectivity index is 1.52. The molecule has 172 valence electrons. The number of carbonyl (C=O) groups excluding carboxylic acids is 1. The van der Waals surface area contributed by atoms with Gasteiger partial charge in [0, 0.05) is 42.5 Å². The molecule has 1 saturated heterocycles. The van der Waals surface area contributed by atoms with E-state index >= 15 is 0 Å². The summed E-state index contributed by atoms with van der Waals surface area (Å²) in [6, 6.07) is 19.2. The minimum absolute atomic E-state index is 0.00127. The van der Waals surface area contributed by atoms with E-state index in [4.69, 9.17) is 4.74 Å². The summed E-state index contributed by atoms with van der Waals surface area (Å²) < 4.78 is 18.8. The first-order valence-electron chi connectivity index (χ1n) is 11.2. The van der Waals surface area contributed by atoms with Crippen molar-refractivity contribution in [2.75, 3.05) is 25.1 Å². The highest BCUT2D eigenvalue weighted by atomic mass is 19.1. The van der Waals surface area contributed by atoms with Crippen LogP contribution in [0.15, 0.2) is 66.7 Å². The van der Waals surface area contributed by atoms with Crippen molar-refractivity contribution in [1.82, 2.24) is 4.90 Å². The van der Waals surface area contributed by atoms with Crippen molar-refractivity contribution in [1.29, 1.82) is 0 Å². The van der Waals surface area contributed by atoms with Gasteiger partial charge in [0.15, 0.2) is 11.5 Å². The van der Waals surface area contributed by atoms with E-state index in [1.807, 2.05) is 48.2 Å². The Morgan fingerprint density at radius 2 is 1.79 bits per heavy atom. The molecule has 3 aromatic carbocycles. The third kappa shape index (κ3) is 5.17. The van der Waals surface area contributed by atoms with Gasteiger partial charge in [-0.3, -0.25) is 9.69 Å². The highest BCUT2D eigenvalue weighted by molar-refractivity contribution is 6.06. The van der Waals surface area contributed by atoms with Gasteiger partial charge >= 0.3 is 0 Å². The molecule has 3 aromatic rings. The normalized spacial score (nSPS) is 14.8. The van der Waals surface area contributed by atoms with Crippen molar-refractivity contribution in [3.05, 3.63) is 89.2 Å². The number of ether oxygens (including phenoxy) is 1. The molecule has 5 nitrogen and oxygen atoms in total. The highest BCUT2D eigenvalue weighted by Crippen LogP contribution is 2.32. The van der Waals surface area contributed by atoms with Crippen molar-refractivity contribution in [2.24, 2.45) is 0 Å². The average molecular weight is 449 g/mol. The number of hydrogen-bond acceptors (Lipinski definition) is 4. The Bertz CT molecular complexity index is 1110. The van der Waals surface area contributed by atoms with Gasteiger partial charge in [0.25, 0.3) is 5.91 Å². The Morgan fingerprint density at radius 1 is 1.09 bits per heavy atom. The molecule has 33 heavy (non-hydrogen) atoms. The first-order valence-corrected chi connectivity index (χ1v) is 11.2. The zero-order valence-corrected chi connectivity index (χ0v) is 19.0. The zero-order chi connectivity index (χ0) is 23.4. The van der Waals surface area contributed by atoms with Gasteiger partial charge < -0.3 is 14.7 Å². The predicted octanol–water partition coefficient (Wildman–Crippen LogP) is 5.16. The molecule has 1 aliphatic rings. The molecule has 0 radical (unpaired) electrons. The summed E-state index contributed by atoms with van der Waals surface area (Å²) in [5, 5.41) is 10.4. The molecule has 0 aromatic heterocycles. The van der Waals surface area contributed by atoms with Crippen LogP contribution in [0.5, 0.6) is 11.5 Å². The molecule has 0 saturated carbocycles. The lowest BCUT2D eigenvalue weighted by Gasteiger charge is -2.38. The molecule has 0 aliphatic carbocycles. The lowest BCUT2D eigenvalue weighted by molar-refractivity contribution is 0.0958. The minimum atomic E-state index is -0.324. The van der Waals surface area contributed by atoms with Gasteiger partial charge in [0.1, 0.15) is 5.82 Å². The second-order valence-electron chi connectivity index (χ2n) is 8.50. The summed E-state index contributed by atoms with van der Waals surface area (Å²) in [5.41, 5.74) is 3.17. The van der Waals surface area contributed by atoms with Crippen LogP contribution < -0.4 is 9.64 Å². The van der Waals surface area contributed by atoms with E-state index in [9.17, 15) is 14.3 Å². The van der Waals surface area contributed by atoms with E-state index in [0.717, 1.165) is 37.1 Å². The van der Waals surface area contributed by atoms with E-state index in [1.54, 1.807) is 25.3 Å². The molecule has 1 aliphatic heterocycles. The van der Waals surface area contributed by atoms with Crippen molar-refractivity contribution >= 4 is 11.6 Å². The number of rotatable bonds is 6. The fourth-order valence-corrected chi connectivity index (χ4v) is 4.45. The van der Waals surface area contributed by atoms with Crippen molar-refractivity contribution in [2.45, 2.75) is 32.4 Å². The largest absolute Gasteiger partial charge is 0.504 e. The smallest absolute Gasteiger partial charge is 0.258 e. The number of hydrogen-bond donors (Lipinski definition) is 1.